The van der Waals surface area contributed by atoms with Crippen LogP contribution in [0.5, 0.6) is 11.5 Å². The van der Waals surface area contributed by atoms with Gasteiger partial charge in [-0.05, 0) is 104 Å². The first-order valence-electron chi connectivity index (χ1n) is 23.7. The van der Waals surface area contributed by atoms with Gasteiger partial charge in [0.2, 0.25) is 5.41 Å². The van der Waals surface area contributed by atoms with Gasteiger partial charge in [-0.15, -0.1) is 0 Å². The van der Waals surface area contributed by atoms with Crippen LogP contribution in [0.4, 0.5) is 26.3 Å². The molecule has 0 N–H and O–H groups in total. The molecule has 0 fully saturated rings. The van der Waals surface area contributed by atoms with Crippen molar-refractivity contribution >= 4 is 21.5 Å². The van der Waals surface area contributed by atoms with Crippen LogP contribution in [0.25, 0.3) is 27.2 Å². The summed E-state index contributed by atoms with van der Waals surface area (Å²) in [6.07, 6.45) is 0.481. The standard InChI is InChI=1S/C55H56F6N2O6/c1-37-33-40(27-29-47(37)68-31-19-9-5-3-7-13-21-38-23-15-11-16-24-38)53(54(56,57)58,55(59,60)61)41-28-30-48(69-32-20-10-6-4-8-14-22-39-25-17-12-18-26-39)46(34-41)63-51(66)44-35-42-43(36-45(44)52(63)67)50(65)62(2)49(42)64/h11-12,15-18,23-30,33-36H,3-10,13-14,19-22,31-32H2,1-2H3. The van der Waals surface area contributed by atoms with Crippen molar-refractivity contribution in [3.8, 4) is 17.2 Å². The summed E-state index contributed by atoms with van der Waals surface area (Å²) in [7, 11) is 1.22. The molecule has 5 aromatic carbocycles. The third-order valence-electron chi connectivity index (χ3n) is 13.1. The van der Waals surface area contributed by atoms with Crippen LogP contribution in [0, 0.1) is 6.92 Å². The molecule has 0 atom stereocenters. The third-order valence-corrected chi connectivity index (χ3v) is 13.1. The van der Waals surface area contributed by atoms with Gasteiger partial charge in [0.05, 0.1) is 40.4 Å². The van der Waals surface area contributed by atoms with E-state index in [1.54, 1.807) is 0 Å². The van der Waals surface area contributed by atoms with Gasteiger partial charge in [0.25, 0.3) is 22.2 Å². The average Bonchev–Trinajstić information content (AvgIpc) is 3.69. The highest BCUT2D eigenvalue weighted by Gasteiger charge is 2.72. The molecule has 7 aromatic rings. The highest BCUT2D eigenvalue weighted by atomic mass is 19.4. The number of hydrogen-bond acceptors (Lipinski definition) is 6. The van der Waals surface area contributed by atoms with Gasteiger partial charge < -0.3 is 9.47 Å². The van der Waals surface area contributed by atoms with Crippen molar-refractivity contribution in [1.29, 1.82) is 0 Å². The average molecular weight is 955 g/mol. The lowest BCUT2D eigenvalue weighted by molar-refractivity contribution is -0.288. The molecule has 14 heteroatoms. The van der Waals surface area contributed by atoms with E-state index < -0.39 is 56.8 Å². The molecule has 0 unspecified atom stereocenters. The predicted molar refractivity (Wildman–Crippen MR) is 258 cm³/mol. The van der Waals surface area contributed by atoms with Crippen molar-refractivity contribution in [2.24, 2.45) is 7.05 Å². The number of alkyl halides is 6. The number of rotatable bonds is 23. The Bertz CT molecular complexity index is 2970. The summed E-state index contributed by atoms with van der Waals surface area (Å²) in [5.74, 6) is -0.168. The zero-order chi connectivity index (χ0) is 49.3. The second kappa shape index (κ2) is 21.9. The van der Waals surface area contributed by atoms with Crippen molar-refractivity contribution in [2.75, 3.05) is 13.2 Å². The van der Waals surface area contributed by atoms with Crippen molar-refractivity contribution < 1.29 is 35.8 Å². The smallest absolute Gasteiger partial charge is 0.411 e. The van der Waals surface area contributed by atoms with Crippen LogP contribution in [0.1, 0.15) is 105 Å². The molecular weight excluding hydrogens is 899 g/mol. The Morgan fingerprint density at radius 1 is 0.449 bits per heavy atom. The number of nitrogens with zero attached hydrogens (tertiary/aromatic N) is 2. The highest BCUT2D eigenvalue weighted by Crippen LogP contribution is 2.57. The van der Waals surface area contributed by atoms with E-state index in [9.17, 15) is 19.2 Å². The third kappa shape index (κ3) is 10.9. The minimum Gasteiger partial charge on any atom is -0.493 e. The molecule has 364 valence electrons. The summed E-state index contributed by atoms with van der Waals surface area (Å²) in [6.45, 7) is 1.57. The lowest BCUT2D eigenvalue weighted by atomic mass is 9.72. The van der Waals surface area contributed by atoms with Gasteiger partial charge in [0.1, 0.15) is 11.5 Å². The predicted octanol–water partition coefficient (Wildman–Crippen LogP) is 12.1. The van der Waals surface area contributed by atoms with Crippen molar-refractivity contribution in [3.63, 3.8) is 0 Å². The van der Waals surface area contributed by atoms with Gasteiger partial charge >= 0.3 is 12.4 Å². The topological polar surface area (TPSA) is 96.6 Å². The molecule has 0 aliphatic heterocycles. The fourth-order valence-electron chi connectivity index (χ4n) is 9.32. The number of unbranched alkanes of at least 4 members (excludes halogenated alkanes) is 10. The number of aryl methyl sites for hydroxylation is 3. The Kier molecular flexibility index (Phi) is 16.0. The van der Waals surface area contributed by atoms with E-state index in [0.717, 1.165) is 112 Å². The van der Waals surface area contributed by atoms with Crippen LogP contribution in [-0.4, -0.2) is 34.7 Å². The molecule has 2 heterocycles. The zero-order valence-corrected chi connectivity index (χ0v) is 38.8. The summed E-state index contributed by atoms with van der Waals surface area (Å²) in [4.78, 5) is 54.0. The van der Waals surface area contributed by atoms with Gasteiger partial charge in [-0.3, -0.25) is 23.7 Å². The molecule has 0 amide bonds. The highest BCUT2D eigenvalue weighted by molar-refractivity contribution is 5.98. The van der Waals surface area contributed by atoms with Gasteiger partial charge in [-0.2, -0.15) is 26.3 Å². The normalized spacial score (nSPS) is 12.3. The lowest BCUT2D eigenvalue weighted by Crippen LogP contribution is -2.54. The Hall–Kier alpha value is -6.44. The minimum absolute atomic E-state index is 0.0255. The van der Waals surface area contributed by atoms with E-state index in [-0.39, 0.29) is 51.8 Å². The maximum Gasteiger partial charge on any atom is 0.411 e. The number of aromatic nitrogens is 2. The molecule has 2 aromatic heterocycles. The quantitative estimate of drug-likeness (QED) is 0.0468. The summed E-state index contributed by atoms with van der Waals surface area (Å²) in [6, 6.07) is 27.2. The zero-order valence-electron chi connectivity index (χ0n) is 38.8. The number of hydrogen-bond donors (Lipinski definition) is 0. The summed E-state index contributed by atoms with van der Waals surface area (Å²) in [5.41, 5.74) is -8.90. The molecule has 0 radical (unpaired) electrons. The first-order valence-corrected chi connectivity index (χ1v) is 23.7. The van der Waals surface area contributed by atoms with Gasteiger partial charge in [0.15, 0.2) is 0 Å². The molecule has 0 spiro atoms. The molecule has 8 nitrogen and oxygen atoms in total. The SMILES string of the molecule is Cc1cc(C(c2ccc(OCCCCCCCCc3ccccc3)c(-n3c(=O)c4cc5c(=O)n(C)c(=O)c5cc4c3=O)c2)(C(F)(F)F)C(F)(F)F)ccc1OCCCCCCCCc1ccccc1. The minimum atomic E-state index is -6.00. The maximum atomic E-state index is 15.7. The Balaban J connectivity index is 1.15. The molecule has 69 heavy (non-hydrogen) atoms. The summed E-state index contributed by atoms with van der Waals surface area (Å²) < 4.78 is 107. The first kappa shape index (κ1) is 50.4. The Morgan fingerprint density at radius 2 is 0.841 bits per heavy atom. The fourth-order valence-corrected chi connectivity index (χ4v) is 9.32. The van der Waals surface area contributed by atoms with Gasteiger partial charge in [-0.25, -0.2) is 4.57 Å². The molecular formula is C55H56F6N2O6. The van der Waals surface area contributed by atoms with Crippen LogP contribution >= 0.6 is 0 Å². The second-order valence-electron chi connectivity index (χ2n) is 17.9. The maximum absolute atomic E-state index is 15.7. The van der Waals surface area contributed by atoms with Crippen LogP contribution in [-0.2, 0) is 25.3 Å². The van der Waals surface area contributed by atoms with Crippen molar-refractivity contribution in [2.45, 2.75) is 115 Å². The van der Waals surface area contributed by atoms with E-state index in [4.69, 9.17) is 9.47 Å². The molecule has 0 saturated carbocycles. The van der Waals surface area contributed by atoms with E-state index >= 15 is 26.3 Å². The molecule has 7 rings (SSSR count). The Morgan fingerprint density at radius 3 is 1.29 bits per heavy atom. The number of ether oxygens (including phenoxy) is 2. The second-order valence-corrected chi connectivity index (χ2v) is 17.9. The van der Waals surface area contributed by atoms with E-state index in [2.05, 4.69) is 24.3 Å². The van der Waals surface area contributed by atoms with E-state index in [1.165, 1.54) is 25.1 Å². The van der Waals surface area contributed by atoms with Crippen LogP contribution < -0.4 is 31.7 Å². The number of benzene rings is 5. The number of fused-ring (bicyclic) bond motifs is 2. The lowest BCUT2D eigenvalue weighted by Gasteiger charge is -2.39. The molecule has 0 bridgehead atoms. The molecule has 0 aliphatic carbocycles. The summed E-state index contributed by atoms with van der Waals surface area (Å²) >= 11 is 0. The number of halogens is 6. The van der Waals surface area contributed by atoms with Crippen LogP contribution in [0.15, 0.2) is 128 Å². The Labute approximate surface area is 395 Å². The van der Waals surface area contributed by atoms with Gasteiger partial charge in [-0.1, -0.05) is 130 Å². The van der Waals surface area contributed by atoms with Crippen molar-refractivity contribution in [3.05, 3.63) is 178 Å². The summed E-state index contributed by atoms with van der Waals surface area (Å²) in [5, 5.41) is -1.03. The molecule has 0 saturated heterocycles. The van der Waals surface area contributed by atoms with E-state index in [0.29, 0.717) is 36.0 Å². The monoisotopic (exact) mass is 954 g/mol. The van der Waals surface area contributed by atoms with Crippen LogP contribution in [0.2, 0.25) is 0 Å². The van der Waals surface area contributed by atoms with E-state index in [1.807, 2.05) is 36.4 Å². The largest absolute Gasteiger partial charge is 0.493 e. The fraction of sp³-hybridized carbons (Fsp3) is 0.382. The van der Waals surface area contributed by atoms with Crippen molar-refractivity contribution in [1.82, 2.24) is 9.13 Å². The van der Waals surface area contributed by atoms with Crippen LogP contribution in [0.3, 0.4) is 0 Å². The van der Waals surface area contributed by atoms with Gasteiger partial charge in [0, 0.05) is 7.05 Å². The first-order chi connectivity index (χ1) is 33.0. The molecule has 0 aliphatic rings.